The quantitative estimate of drug-likeness (QED) is 0.435. The Kier molecular flexibility index (Phi) is 5.95. The third-order valence-corrected chi connectivity index (χ3v) is 1.44. The summed E-state index contributed by atoms with van der Waals surface area (Å²) in [6.45, 7) is -0.451. The summed E-state index contributed by atoms with van der Waals surface area (Å²) < 4.78 is 11.6. The lowest BCUT2D eigenvalue weighted by Crippen LogP contribution is -2.35. The first-order valence-electron chi connectivity index (χ1n) is 3.70. The van der Waals surface area contributed by atoms with E-state index in [-0.39, 0.29) is 6.42 Å². The summed E-state index contributed by atoms with van der Waals surface area (Å²) in [4.78, 5) is 20.3. The van der Waals surface area contributed by atoms with Gasteiger partial charge in [0.2, 0.25) is 6.41 Å². The van der Waals surface area contributed by atoms with Crippen molar-refractivity contribution in [3.05, 3.63) is 0 Å². The molecule has 0 radical (unpaired) electrons. The molecule has 0 rings (SSSR count). The maximum Gasteiger partial charge on any atom is 0.326 e. The molecule has 1 unspecified atom stereocenters. The van der Waals surface area contributed by atoms with Crippen molar-refractivity contribution in [1.29, 1.82) is 0 Å². The molecule has 0 aliphatic carbocycles. The predicted molar refractivity (Wildman–Crippen MR) is 40.4 cm³/mol. The number of unbranched alkanes of at least 4 members (excludes halogenated alkanes) is 1. The summed E-state index contributed by atoms with van der Waals surface area (Å²) in [5.41, 5.74) is 0. The van der Waals surface area contributed by atoms with Crippen molar-refractivity contribution in [3.63, 3.8) is 0 Å². The normalized spacial score (nSPS) is 12.1. The fourth-order valence-corrected chi connectivity index (χ4v) is 0.803. The molecule has 0 aromatic heterocycles. The minimum absolute atomic E-state index is 0.276. The minimum Gasteiger partial charge on any atom is -0.480 e. The van der Waals surface area contributed by atoms with Gasteiger partial charge in [0.15, 0.2) is 0 Å². The summed E-state index contributed by atoms with van der Waals surface area (Å²) in [5.74, 6) is -1.08. The molecule has 0 heterocycles. The molecule has 0 aliphatic rings. The zero-order valence-electron chi connectivity index (χ0n) is 6.62. The molecule has 0 aromatic rings. The largest absolute Gasteiger partial charge is 0.480 e. The first-order valence-corrected chi connectivity index (χ1v) is 3.70. The molecule has 12 heavy (non-hydrogen) atoms. The Labute approximate surface area is 69.8 Å². The number of rotatable bonds is 7. The van der Waals surface area contributed by atoms with Crippen LogP contribution in [0.1, 0.15) is 19.3 Å². The van der Waals surface area contributed by atoms with Gasteiger partial charge in [0.05, 0.1) is 6.67 Å². The summed E-state index contributed by atoms with van der Waals surface area (Å²) >= 11 is 0. The zero-order valence-corrected chi connectivity index (χ0v) is 6.62. The van der Waals surface area contributed by atoms with E-state index >= 15 is 0 Å². The van der Waals surface area contributed by atoms with Crippen LogP contribution in [-0.2, 0) is 9.59 Å². The monoisotopic (exact) mass is 177 g/mol. The Morgan fingerprint density at radius 1 is 1.58 bits per heavy atom. The third kappa shape index (κ3) is 4.65. The molecule has 5 heteroatoms. The number of halogens is 1. The highest BCUT2D eigenvalue weighted by molar-refractivity contribution is 5.76. The van der Waals surface area contributed by atoms with Crippen molar-refractivity contribution in [3.8, 4) is 0 Å². The van der Waals surface area contributed by atoms with Gasteiger partial charge >= 0.3 is 5.97 Å². The number of hydrogen-bond acceptors (Lipinski definition) is 2. The fourth-order valence-electron chi connectivity index (χ4n) is 0.803. The van der Waals surface area contributed by atoms with Gasteiger partial charge in [-0.3, -0.25) is 9.18 Å². The Bertz CT molecular complexity index is 152. The highest BCUT2D eigenvalue weighted by atomic mass is 19.1. The van der Waals surface area contributed by atoms with Gasteiger partial charge in [-0.15, -0.1) is 0 Å². The minimum atomic E-state index is -1.08. The van der Waals surface area contributed by atoms with Crippen LogP contribution in [0.5, 0.6) is 0 Å². The predicted octanol–water partition coefficient (Wildman–Crippen LogP) is 0.325. The molecule has 1 amide bonds. The van der Waals surface area contributed by atoms with Gasteiger partial charge in [0, 0.05) is 0 Å². The van der Waals surface area contributed by atoms with Crippen molar-refractivity contribution in [2.45, 2.75) is 25.3 Å². The molecule has 0 saturated heterocycles. The van der Waals surface area contributed by atoms with Crippen molar-refractivity contribution >= 4 is 12.4 Å². The topological polar surface area (TPSA) is 66.4 Å². The Morgan fingerprint density at radius 3 is 2.67 bits per heavy atom. The third-order valence-electron chi connectivity index (χ3n) is 1.44. The summed E-state index contributed by atoms with van der Waals surface area (Å²) in [5, 5.41) is 10.6. The van der Waals surface area contributed by atoms with Gasteiger partial charge in [0.1, 0.15) is 6.04 Å². The van der Waals surface area contributed by atoms with E-state index in [9.17, 15) is 14.0 Å². The number of carbonyl (C=O) groups is 2. The maximum absolute atomic E-state index is 11.6. The Balaban J connectivity index is 3.63. The molecule has 1 atom stereocenters. The average molecular weight is 177 g/mol. The lowest BCUT2D eigenvalue weighted by Gasteiger charge is -2.09. The Hall–Kier alpha value is -1.13. The van der Waals surface area contributed by atoms with Crippen LogP contribution >= 0.6 is 0 Å². The van der Waals surface area contributed by atoms with Crippen molar-refractivity contribution in [1.82, 2.24) is 5.32 Å². The molecule has 0 aliphatic heterocycles. The van der Waals surface area contributed by atoms with E-state index in [4.69, 9.17) is 5.11 Å². The summed E-state index contributed by atoms with van der Waals surface area (Å²) in [7, 11) is 0. The number of carbonyl (C=O) groups excluding carboxylic acids is 1. The lowest BCUT2D eigenvalue weighted by molar-refractivity contribution is -0.140. The van der Waals surface area contributed by atoms with Crippen LogP contribution < -0.4 is 5.32 Å². The number of amides is 1. The number of carboxylic acids is 1. The summed E-state index contributed by atoms with van der Waals surface area (Å²) in [6.07, 6.45) is 1.42. The fraction of sp³-hybridized carbons (Fsp3) is 0.714. The van der Waals surface area contributed by atoms with E-state index < -0.39 is 18.7 Å². The molecule has 0 saturated carbocycles. The smallest absolute Gasteiger partial charge is 0.326 e. The van der Waals surface area contributed by atoms with Crippen LogP contribution in [0.4, 0.5) is 4.39 Å². The molecule has 0 bridgehead atoms. The zero-order chi connectivity index (χ0) is 9.40. The van der Waals surface area contributed by atoms with Gasteiger partial charge in [-0.1, -0.05) is 0 Å². The highest BCUT2D eigenvalue weighted by Gasteiger charge is 2.14. The van der Waals surface area contributed by atoms with Crippen LogP contribution in [0.25, 0.3) is 0 Å². The second-order valence-corrected chi connectivity index (χ2v) is 2.36. The summed E-state index contributed by atoms with van der Waals surface area (Å²) in [6, 6.07) is -0.881. The molecule has 70 valence electrons. The maximum atomic E-state index is 11.6. The standard InChI is InChI=1S/C7H12FNO3/c8-4-2-1-3-6(7(11)12)9-5-10/h5-6H,1-4H2,(H,9,10)(H,11,12). The van der Waals surface area contributed by atoms with Crippen LogP contribution in [0.3, 0.4) is 0 Å². The lowest BCUT2D eigenvalue weighted by atomic mass is 10.1. The van der Waals surface area contributed by atoms with E-state index in [2.05, 4.69) is 5.32 Å². The highest BCUT2D eigenvalue weighted by Crippen LogP contribution is 2.00. The molecule has 0 fully saturated rings. The first-order chi connectivity index (χ1) is 5.72. The second kappa shape index (κ2) is 6.57. The van der Waals surface area contributed by atoms with Crippen molar-refractivity contribution in [2.24, 2.45) is 0 Å². The van der Waals surface area contributed by atoms with Gasteiger partial charge in [-0.05, 0) is 19.3 Å². The van der Waals surface area contributed by atoms with Gasteiger partial charge < -0.3 is 10.4 Å². The van der Waals surface area contributed by atoms with E-state index in [0.717, 1.165) is 0 Å². The van der Waals surface area contributed by atoms with Crippen LogP contribution in [-0.4, -0.2) is 30.2 Å². The van der Waals surface area contributed by atoms with Crippen LogP contribution in [0.2, 0.25) is 0 Å². The first kappa shape index (κ1) is 10.9. The average Bonchev–Trinajstić information content (AvgIpc) is 2.03. The number of hydrogen-bond donors (Lipinski definition) is 2. The van der Waals surface area contributed by atoms with E-state index in [1.165, 1.54) is 0 Å². The van der Waals surface area contributed by atoms with Gasteiger partial charge in [-0.25, -0.2) is 4.79 Å². The molecule has 4 nitrogen and oxygen atoms in total. The number of aliphatic carboxylic acids is 1. The molecular weight excluding hydrogens is 165 g/mol. The van der Waals surface area contributed by atoms with E-state index in [1.54, 1.807) is 0 Å². The SMILES string of the molecule is O=CNC(CCCCF)C(=O)O. The van der Waals surface area contributed by atoms with Crippen LogP contribution in [0.15, 0.2) is 0 Å². The van der Waals surface area contributed by atoms with Gasteiger partial charge in [0.25, 0.3) is 0 Å². The van der Waals surface area contributed by atoms with Crippen LogP contribution in [0, 0.1) is 0 Å². The van der Waals surface area contributed by atoms with Crippen molar-refractivity contribution in [2.75, 3.05) is 6.67 Å². The number of carboxylic acid groups (broad SMARTS) is 1. The second-order valence-electron chi connectivity index (χ2n) is 2.36. The molecule has 2 N–H and O–H groups in total. The number of alkyl halides is 1. The Morgan fingerprint density at radius 2 is 2.25 bits per heavy atom. The van der Waals surface area contributed by atoms with Crippen molar-refractivity contribution < 1.29 is 19.1 Å². The van der Waals surface area contributed by atoms with E-state index in [1.807, 2.05) is 0 Å². The number of nitrogens with one attached hydrogen (secondary N) is 1. The molecule has 0 aromatic carbocycles. The molecular formula is C7H12FNO3. The molecule has 0 spiro atoms. The van der Waals surface area contributed by atoms with E-state index in [0.29, 0.717) is 19.3 Å². The van der Waals surface area contributed by atoms with Gasteiger partial charge in [-0.2, -0.15) is 0 Å².